The van der Waals surface area contributed by atoms with Crippen LogP contribution in [0.4, 0.5) is 34.7 Å². The van der Waals surface area contributed by atoms with Crippen LogP contribution in [0.5, 0.6) is 0 Å². The lowest BCUT2D eigenvalue weighted by Crippen LogP contribution is -2.44. The maximum atomic E-state index is 12.9. The highest BCUT2D eigenvalue weighted by atomic mass is 32.1. The Hall–Kier alpha value is -2.64. The van der Waals surface area contributed by atoms with Crippen LogP contribution < -0.4 is 10.6 Å². The van der Waals surface area contributed by atoms with Crippen LogP contribution in [0, 0.1) is 0 Å². The second-order valence-electron chi connectivity index (χ2n) is 8.00. The molecule has 2 aromatic heterocycles. The van der Waals surface area contributed by atoms with Gasteiger partial charge in [0.05, 0.1) is 19.4 Å². The smallest absolute Gasteiger partial charge is 0.427 e. The highest BCUT2D eigenvalue weighted by Crippen LogP contribution is 2.36. The molecule has 0 unspecified atom stereocenters. The number of nitrogens with zero attached hydrogens (tertiary/aromatic N) is 4. The second-order valence-corrected chi connectivity index (χ2v) is 9.03. The number of likely N-dealkylation sites (tertiary alicyclic amines) is 1. The first-order valence-corrected chi connectivity index (χ1v) is 11.4. The van der Waals surface area contributed by atoms with Crippen LogP contribution in [0.15, 0.2) is 18.3 Å². The van der Waals surface area contributed by atoms with Gasteiger partial charge in [0.15, 0.2) is 5.13 Å². The quantitative estimate of drug-likeness (QED) is 0.568. The first-order valence-electron chi connectivity index (χ1n) is 10.6. The van der Waals surface area contributed by atoms with Gasteiger partial charge in [-0.15, -0.1) is 0 Å². The van der Waals surface area contributed by atoms with Crippen LogP contribution in [-0.4, -0.2) is 76.4 Å². The third-order valence-corrected chi connectivity index (χ3v) is 6.42. The Balaban J connectivity index is 1.53. The monoisotopic (exact) mass is 486 g/mol. The lowest BCUT2D eigenvalue weighted by molar-refractivity contribution is -0.134. The molecule has 0 aromatic carbocycles. The van der Waals surface area contributed by atoms with Crippen LogP contribution in [-0.2, 0) is 17.5 Å². The van der Waals surface area contributed by atoms with E-state index >= 15 is 0 Å². The van der Waals surface area contributed by atoms with Crippen molar-refractivity contribution < 1.29 is 27.8 Å². The number of rotatable bonds is 6. The fourth-order valence-corrected chi connectivity index (χ4v) is 4.57. The molecule has 1 amide bonds. The Morgan fingerprint density at radius 3 is 2.70 bits per heavy atom. The van der Waals surface area contributed by atoms with E-state index in [0.29, 0.717) is 55.8 Å². The number of hydrogen-bond donors (Lipinski definition) is 3. The summed E-state index contributed by atoms with van der Waals surface area (Å²) in [6.07, 6.45) is -3.08. The average molecular weight is 487 g/mol. The van der Waals surface area contributed by atoms with Gasteiger partial charge in [-0.05, 0) is 30.5 Å². The number of amides is 1. The number of thiazole rings is 1. The average Bonchev–Trinajstić information content (AvgIpc) is 3.23. The molecule has 2 fully saturated rings. The molecule has 0 radical (unpaired) electrons. The number of alkyl halides is 3. The van der Waals surface area contributed by atoms with E-state index in [-0.39, 0.29) is 11.2 Å². The molecule has 0 aliphatic carbocycles. The number of anilines is 3. The van der Waals surface area contributed by atoms with Gasteiger partial charge in [0.2, 0.25) is 0 Å². The molecule has 4 heterocycles. The predicted molar refractivity (Wildman–Crippen MR) is 117 cm³/mol. The lowest BCUT2D eigenvalue weighted by atomic mass is 10.1. The molecule has 13 heteroatoms. The molecule has 0 spiro atoms. The maximum absolute atomic E-state index is 12.9. The normalized spacial score (nSPS) is 20.0. The first-order chi connectivity index (χ1) is 15.8. The number of pyridine rings is 1. The summed E-state index contributed by atoms with van der Waals surface area (Å²) in [5, 5.41) is 15.6. The fraction of sp³-hybridized carbons (Fsp3) is 0.550. The van der Waals surface area contributed by atoms with Gasteiger partial charge in [-0.1, -0.05) is 11.3 Å². The second kappa shape index (κ2) is 10.1. The molecule has 3 N–H and O–H groups in total. The van der Waals surface area contributed by atoms with Crippen molar-refractivity contribution in [1.29, 1.82) is 0 Å². The molecule has 2 aromatic rings. The lowest BCUT2D eigenvalue weighted by Gasteiger charge is -2.31. The highest BCUT2D eigenvalue weighted by molar-refractivity contribution is 7.15. The van der Waals surface area contributed by atoms with E-state index in [9.17, 15) is 23.1 Å². The molecule has 2 saturated heterocycles. The van der Waals surface area contributed by atoms with Crippen LogP contribution in [0.25, 0.3) is 0 Å². The standard InChI is InChI=1S/C20H25F3N6O3S/c21-20(22,23)15-10-24-18(33-15)27-17-9-13(11-28-4-6-32-7-5-28)8-16(26-17)25-14-2-1-3-29(12-14)19(30)31/h8-10,14H,1-7,11-12H2,(H,30,31)(H2,24,25,26,27)/t14-/m0/s1. The Bertz CT molecular complexity index is 967. The van der Waals surface area contributed by atoms with E-state index < -0.39 is 17.1 Å². The maximum Gasteiger partial charge on any atom is 0.427 e. The summed E-state index contributed by atoms with van der Waals surface area (Å²) in [4.78, 5) is 22.5. The molecule has 9 nitrogen and oxygen atoms in total. The van der Waals surface area contributed by atoms with E-state index in [1.54, 1.807) is 6.07 Å². The zero-order chi connectivity index (χ0) is 23.4. The fourth-order valence-electron chi connectivity index (χ4n) is 3.88. The molecule has 1 atom stereocenters. The first kappa shape index (κ1) is 23.5. The van der Waals surface area contributed by atoms with Crippen molar-refractivity contribution in [3.63, 3.8) is 0 Å². The zero-order valence-electron chi connectivity index (χ0n) is 17.8. The minimum atomic E-state index is -4.45. The molecule has 2 aliphatic rings. The Kier molecular flexibility index (Phi) is 7.20. The van der Waals surface area contributed by atoms with Crippen molar-refractivity contribution in [2.45, 2.75) is 31.6 Å². The minimum Gasteiger partial charge on any atom is -0.465 e. The number of ether oxygens (including phenoxy) is 1. The summed E-state index contributed by atoms with van der Waals surface area (Å²) in [7, 11) is 0. The van der Waals surface area contributed by atoms with Crippen molar-refractivity contribution in [2.75, 3.05) is 50.0 Å². The van der Waals surface area contributed by atoms with E-state index in [0.717, 1.165) is 37.7 Å². The third kappa shape index (κ3) is 6.45. The molecule has 4 rings (SSSR count). The topological polar surface area (TPSA) is 103 Å². The van der Waals surface area contributed by atoms with Gasteiger partial charge in [-0.3, -0.25) is 4.90 Å². The van der Waals surface area contributed by atoms with Crippen molar-refractivity contribution in [2.24, 2.45) is 0 Å². The summed E-state index contributed by atoms with van der Waals surface area (Å²) in [6, 6.07) is 3.58. The summed E-state index contributed by atoms with van der Waals surface area (Å²) in [6.45, 7) is 4.33. The molecular weight excluding hydrogens is 461 g/mol. The van der Waals surface area contributed by atoms with Crippen LogP contribution in [0.1, 0.15) is 23.3 Å². The number of nitrogens with one attached hydrogen (secondary N) is 2. The molecular formula is C20H25F3N6O3S. The largest absolute Gasteiger partial charge is 0.465 e. The number of carbonyl (C=O) groups is 1. The van der Waals surface area contributed by atoms with Crippen molar-refractivity contribution >= 4 is 34.2 Å². The summed E-state index contributed by atoms with van der Waals surface area (Å²) >= 11 is 0.515. The van der Waals surface area contributed by atoms with E-state index in [4.69, 9.17) is 4.74 Å². The van der Waals surface area contributed by atoms with Gasteiger partial charge >= 0.3 is 12.3 Å². The molecule has 33 heavy (non-hydrogen) atoms. The number of carboxylic acid groups (broad SMARTS) is 1. The van der Waals surface area contributed by atoms with Gasteiger partial charge in [0.1, 0.15) is 16.5 Å². The van der Waals surface area contributed by atoms with Gasteiger partial charge < -0.3 is 25.4 Å². The Morgan fingerprint density at radius 1 is 1.24 bits per heavy atom. The van der Waals surface area contributed by atoms with Crippen LogP contribution in [0.3, 0.4) is 0 Å². The number of halogens is 3. The van der Waals surface area contributed by atoms with Gasteiger partial charge in [-0.25, -0.2) is 14.8 Å². The van der Waals surface area contributed by atoms with Crippen LogP contribution in [0.2, 0.25) is 0 Å². The van der Waals surface area contributed by atoms with Crippen LogP contribution >= 0.6 is 11.3 Å². The molecule has 0 bridgehead atoms. The van der Waals surface area contributed by atoms with Crippen molar-refractivity contribution in [3.8, 4) is 0 Å². The van der Waals surface area contributed by atoms with E-state index in [1.807, 2.05) is 6.07 Å². The van der Waals surface area contributed by atoms with Gasteiger partial charge in [-0.2, -0.15) is 13.2 Å². The summed E-state index contributed by atoms with van der Waals surface area (Å²) in [5.74, 6) is 0.908. The highest BCUT2D eigenvalue weighted by Gasteiger charge is 2.33. The predicted octanol–water partition coefficient (Wildman–Crippen LogP) is 3.69. The summed E-state index contributed by atoms with van der Waals surface area (Å²) < 4.78 is 44.2. The summed E-state index contributed by atoms with van der Waals surface area (Å²) in [5.41, 5.74) is 0.926. The zero-order valence-corrected chi connectivity index (χ0v) is 18.6. The van der Waals surface area contributed by atoms with Gasteiger partial charge in [0.25, 0.3) is 0 Å². The SMILES string of the molecule is O=C(O)N1CCC[C@H](Nc2cc(CN3CCOCC3)cc(Nc3ncc(C(F)(F)F)s3)n2)C1. The van der Waals surface area contributed by atoms with Gasteiger partial charge in [0, 0.05) is 38.8 Å². The van der Waals surface area contributed by atoms with Crippen molar-refractivity contribution in [3.05, 3.63) is 28.8 Å². The molecule has 180 valence electrons. The van der Waals surface area contributed by atoms with Crippen molar-refractivity contribution in [1.82, 2.24) is 19.8 Å². The Morgan fingerprint density at radius 2 is 2.00 bits per heavy atom. The number of piperidine rings is 1. The number of morpholine rings is 1. The molecule has 0 saturated carbocycles. The third-order valence-electron chi connectivity index (χ3n) is 5.46. The van der Waals surface area contributed by atoms with E-state index in [2.05, 4.69) is 25.5 Å². The number of hydrogen-bond acceptors (Lipinski definition) is 8. The van der Waals surface area contributed by atoms with E-state index in [1.165, 1.54) is 4.90 Å². The Labute approximate surface area is 192 Å². The minimum absolute atomic E-state index is 0.0963. The number of aromatic nitrogens is 2. The molecule has 2 aliphatic heterocycles.